The van der Waals surface area contributed by atoms with Crippen LogP contribution in [-0.2, 0) is 10.3 Å². The molecule has 0 saturated heterocycles. The number of hydrogen-bond donors (Lipinski definition) is 1. The van der Waals surface area contributed by atoms with Crippen LogP contribution >= 0.6 is 0 Å². The molecule has 2 aromatic rings. The maximum Gasteiger partial charge on any atom is 0.231 e. The lowest BCUT2D eigenvalue weighted by Crippen LogP contribution is -2.47. The number of guanidine groups is 1. The summed E-state index contributed by atoms with van der Waals surface area (Å²) in [5.74, 6) is 6.59. The van der Waals surface area contributed by atoms with Gasteiger partial charge in [-0.05, 0) is 48.2 Å². The molecule has 0 aromatic heterocycles. The molecule has 1 atom stereocenters. The molecule has 138 valence electrons. The van der Waals surface area contributed by atoms with Gasteiger partial charge in [0.05, 0.1) is 12.0 Å². The Kier molecular flexibility index (Phi) is 5.32. The van der Waals surface area contributed by atoms with Crippen molar-refractivity contribution >= 4 is 11.9 Å². The van der Waals surface area contributed by atoms with Crippen LogP contribution in [0.1, 0.15) is 44.2 Å². The molecule has 1 unspecified atom stereocenters. The smallest absolute Gasteiger partial charge is 0.231 e. The Morgan fingerprint density at radius 2 is 1.93 bits per heavy atom. The Bertz CT molecular complexity index is 934. The molecule has 0 bridgehead atoms. The first-order valence-corrected chi connectivity index (χ1v) is 9.24. The van der Waals surface area contributed by atoms with Crippen molar-refractivity contribution in [1.29, 1.82) is 0 Å². The van der Waals surface area contributed by atoms with Crippen molar-refractivity contribution in [2.75, 3.05) is 7.05 Å². The van der Waals surface area contributed by atoms with Gasteiger partial charge < -0.3 is 5.73 Å². The van der Waals surface area contributed by atoms with E-state index < -0.39 is 5.54 Å². The highest BCUT2D eigenvalue weighted by Crippen LogP contribution is 2.34. The highest BCUT2D eigenvalue weighted by molar-refractivity contribution is 5.98. The zero-order chi connectivity index (χ0) is 19.4. The van der Waals surface area contributed by atoms with Gasteiger partial charge in [0.2, 0.25) is 5.91 Å². The minimum absolute atomic E-state index is 0.0228. The van der Waals surface area contributed by atoms with Crippen molar-refractivity contribution in [3.63, 3.8) is 0 Å². The summed E-state index contributed by atoms with van der Waals surface area (Å²) in [6.45, 7) is 4.08. The summed E-state index contributed by atoms with van der Waals surface area (Å²) in [5, 5.41) is 0. The molecule has 1 aliphatic heterocycles. The van der Waals surface area contributed by atoms with Gasteiger partial charge in [0.1, 0.15) is 0 Å². The van der Waals surface area contributed by atoms with Gasteiger partial charge in [-0.15, -0.1) is 0 Å². The number of rotatable bonds is 3. The van der Waals surface area contributed by atoms with Crippen molar-refractivity contribution in [1.82, 2.24) is 4.90 Å². The van der Waals surface area contributed by atoms with Gasteiger partial charge in [-0.25, -0.2) is 4.99 Å². The summed E-state index contributed by atoms with van der Waals surface area (Å²) in [6, 6.07) is 16.4. The number of unbranched alkanes of at least 4 members (excludes halogenated alkanes) is 1. The van der Waals surface area contributed by atoms with Crippen molar-refractivity contribution in [3.05, 3.63) is 59.7 Å². The maximum absolute atomic E-state index is 12.2. The fourth-order valence-electron chi connectivity index (χ4n) is 3.14. The molecule has 0 saturated carbocycles. The SMILES string of the molecule is CCCC#Cc1ccc(-c2cccc(C3(C)CC(=O)N(C)C(N)=N3)c2)cc1. The van der Waals surface area contributed by atoms with E-state index in [0.29, 0.717) is 6.42 Å². The van der Waals surface area contributed by atoms with E-state index >= 15 is 0 Å². The largest absolute Gasteiger partial charge is 0.369 e. The summed E-state index contributed by atoms with van der Waals surface area (Å²) >= 11 is 0. The van der Waals surface area contributed by atoms with Crippen LogP contribution in [0, 0.1) is 11.8 Å². The number of carbonyl (C=O) groups is 1. The normalized spacial score (nSPS) is 19.3. The van der Waals surface area contributed by atoms with E-state index in [-0.39, 0.29) is 11.9 Å². The molecule has 1 amide bonds. The molecule has 1 aliphatic rings. The van der Waals surface area contributed by atoms with Gasteiger partial charge >= 0.3 is 0 Å². The molecule has 27 heavy (non-hydrogen) atoms. The van der Waals surface area contributed by atoms with Gasteiger partial charge in [0.15, 0.2) is 5.96 Å². The molecular weight excluding hydrogens is 334 g/mol. The Hall–Kier alpha value is -3.06. The fourth-order valence-corrected chi connectivity index (χ4v) is 3.14. The van der Waals surface area contributed by atoms with Crippen LogP contribution in [0.25, 0.3) is 11.1 Å². The van der Waals surface area contributed by atoms with Crippen LogP contribution < -0.4 is 5.73 Å². The van der Waals surface area contributed by atoms with E-state index in [1.807, 2.05) is 31.2 Å². The lowest BCUT2D eigenvalue weighted by molar-refractivity contribution is -0.128. The van der Waals surface area contributed by atoms with E-state index in [0.717, 1.165) is 35.1 Å². The van der Waals surface area contributed by atoms with Crippen LogP contribution in [0.5, 0.6) is 0 Å². The van der Waals surface area contributed by atoms with E-state index in [4.69, 9.17) is 5.73 Å². The van der Waals surface area contributed by atoms with Crippen LogP contribution in [0.3, 0.4) is 0 Å². The first-order valence-electron chi connectivity index (χ1n) is 9.24. The Labute approximate surface area is 161 Å². The lowest BCUT2D eigenvalue weighted by atomic mass is 9.86. The van der Waals surface area contributed by atoms with Crippen LogP contribution in [0.2, 0.25) is 0 Å². The van der Waals surface area contributed by atoms with Gasteiger partial charge in [0, 0.05) is 19.0 Å². The third-order valence-electron chi connectivity index (χ3n) is 4.88. The number of carbonyl (C=O) groups excluding carboxylic acids is 1. The van der Waals surface area contributed by atoms with Crippen molar-refractivity contribution in [3.8, 4) is 23.0 Å². The van der Waals surface area contributed by atoms with Crippen molar-refractivity contribution in [2.24, 2.45) is 10.7 Å². The molecule has 0 aliphatic carbocycles. The van der Waals surface area contributed by atoms with Crippen molar-refractivity contribution < 1.29 is 4.79 Å². The molecule has 2 N–H and O–H groups in total. The number of nitrogens with zero attached hydrogens (tertiary/aromatic N) is 2. The second kappa shape index (κ2) is 7.67. The summed E-state index contributed by atoms with van der Waals surface area (Å²) in [5.41, 5.74) is 9.49. The molecule has 1 heterocycles. The summed E-state index contributed by atoms with van der Waals surface area (Å²) < 4.78 is 0. The second-order valence-electron chi connectivity index (χ2n) is 7.08. The standard InChI is InChI=1S/C23H25N3O/c1-4-5-6-8-17-11-13-18(14-12-17)19-9-7-10-20(15-19)23(2)16-21(27)26(3)22(24)25-23/h7,9-15H,4-5,16H2,1-3H3,(H2,24,25). The topological polar surface area (TPSA) is 58.7 Å². The van der Waals surface area contributed by atoms with E-state index in [9.17, 15) is 4.79 Å². The average Bonchev–Trinajstić information content (AvgIpc) is 2.67. The second-order valence-corrected chi connectivity index (χ2v) is 7.08. The third-order valence-corrected chi connectivity index (χ3v) is 4.88. The predicted molar refractivity (Wildman–Crippen MR) is 110 cm³/mol. The molecular formula is C23H25N3O. The zero-order valence-corrected chi connectivity index (χ0v) is 16.1. The van der Waals surface area contributed by atoms with Gasteiger partial charge in [-0.3, -0.25) is 9.69 Å². The first kappa shape index (κ1) is 18.7. The monoisotopic (exact) mass is 359 g/mol. The molecule has 3 rings (SSSR count). The first-order chi connectivity index (χ1) is 12.9. The minimum Gasteiger partial charge on any atom is -0.369 e. The average molecular weight is 359 g/mol. The molecule has 2 aromatic carbocycles. The van der Waals surface area contributed by atoms with Crippen LogP contribution in [0.15, 0.2) is 53.5 Å². The summed E-state index contributed by atoms with van der Waals surface area (Å²) in [6.07, 6.45) is 2.29. The zero-order valence-electron chi connectivity index (χ0n) is 16.1. The number of aliphatic imine (C=N–C) groups is 1. The maximum atomic E-state index is 12.2. The van der Waals surface area contributed by atoms with Gasteiger partial charge in [0.25, 0.3) is 0 Å². The quantitative estimate of drug-likeness (QED) is 0.845. The lowest BCUT2D eigenvalue weighted by Gasteiger charge is -2.33. The van der Waals surface area contributed by atoms with E-state index in [2.05, 4.69) is 48.0 Å². The van der Waals surface area contributed by atoms with Gasteiger partial charge in [-0.1, -0.05) is 49.1 Å². The molecule has 4 nitrogen and oxygen atoms in total. The molecule has 0 radical (unpaired) electrons. The Morgan fingerprint density at radius 3 is 2.59 bits per heavy atom. The summed E-state index contributed by atoms with van der Waals surface area (Å²) in [4.78, 5) is 18.2. The summed E-state index contributed by atoms with van der Waals surface area (Å²) in [7, 11) is 1.65. The fraction of sp³-hybridized carbons (Fsp3) is 0.304. The Balaban J connectivity index is 1.90. The minimum atomic E-state index is -0.644. The van der Waals surface area contributed by atoms with Crippen LogP contribution in [-0.4, -0.2) is 23.8 Å². The van der Waals surface area contributed by atoms with Crippen LogP contribution in [0.4, 0.5) is 0 Å². The highest BCUT2D eigenvalue weighted by Gasteiger charge is 2.36. The van der Waals surface area contributed by atoms with E-state index in [1.54, 1.807) is 7.05 Å². The number of hydrogen-bond acceptors (Lipinski definition) is 3. The molecule has 0 fully saturated rings. The number of amides is 1. The Morgan fingerprint density at radius 1 is 1.19 bits per heavy atom. The predicted octanol–water partition coefficient (Wildman–Crippen LogP) is 3.90. The highest BCUT2D eigenvalue weighted by atomic mass is 16.2. The number of benzene rings is 2. The van der Waals surface area contributed by atoms with Gasteiger partial charge in [-0.2, -0.15) is 0 Å². The van der Waals surface area contributed by atoms with E-state index in [1.165, 1.54) is 4.90 Å². The number of nitrogens with two attached hydrogens (primary N) is 1. The third kappa shape index (κ3) is 4.03. The molecule has 4 heteroatoms. The molecule has 0 spiro atoms. The van der Waals surface area contributed by atoms with Crippen molar-refractivity contribution in [2.45, 2.75) is 38.6 Å².